The van der Waals surface area contributed by atoms with Crippen LogP contribution in [0.4, 0.5) is 10.5 Å². The first-order chi connectivity index (χ1) is 20.0. The van der Waals surface area contributed by atoms with E-state index in [9.17, 15) is 19.7 Å². The number of unbranched alkanes of at least 4 members (excludes halogenated alkanes) is 2. The van der Waals surface area contributed by atoms with E-state index in [-0.39, 0.29) is 17.7 Å². The minimum Gasteiger partial charge on any atom is -0.493 e. The lowest BCUT2D eigenvalue weighted by Crippen LogP contribution is -2.36. The molecule has 0 aliphatic carbocycles. The number of ether oxygens (including phenoxy) is 3. The summed E-state index contributed by atoms with van der Waals surface area (Å²) < 4.78 is 16.9. The van der Waals surface area contributed by atoms with Gasteiger partial charge in [0.1, 0.15) is 22.7 Å². The van der Waals surface area contributed by atoms with Crippen molar-refractivity contribution in [2.75, 3.05) is 13.2 Å². The maximum atomic E-state index is 13.1. The molecule has 0 spiro atoms. The number of alkyl carbamates (subject to hydrolysis) is 1. The molecule has 1 atom stereocenters. The summed E-state index contributed by atoms with van der Waals surface area (Å²) in [5, 5.41) is 13.9. The smallest absolute Gasteiger partial charge is 0.408 e. The summed E-state index contributed by atoms with van der Waals surface area (Å²) in [6.07, 6.45) is 4.67. The molecule has 2 N–H and O–H groups in total. The first-order valence-corrected chi connectivity index (χ1v) is 14.2. The molecule has 1 amide bonds. The molecule has 226 valence electrons. The van der Waals surface area contributed by atoms with Crippen molar-refractivity contribution in [2.24, 2.45) is 0 Å². The van der Waals surface area contributed by atoms with E-state index >= 15 is 0 Å². The number of imidazole rings is 1. The van der Waals surface area contributed by atoms with Crippen molar-refractivity contribution in [3.05, 3.63) is 75.7 Å². The average molecular weight is 581 g/mol. The molecule has 0 aliphatic heterocycles. The van der Waals surface area contributed by atoms with Crippen molar-refractivity contribution >= 4 is 17.7 Å². The first-order valence-electron chi connectivity index (χ1n) is 14.2. The maximum absolute atomic E-state index is 13.1. The molecule has 11 nitrogen and oxygen atoms in total. The highest BCUT2D eigenvalue weighted by atomic mass is 16.6. The molecule has 1 unspecified atom stereocenters. The Hall–Kier alpha value is -4.41. The fraction of sp³-hybridized carbons (Fsp3) is 0.452. The van der Waals surface area contributed by atoms with Crippen LogP contribution in [-0.2, 0) is 15.9 Å². The molecule has 3 rings (SSSR count). The molecular formula is C31H40N4O7. The van der Waals surface area contributed by atoms with E-state index in [2.05, 4.69) is 22.2 Å². The number of aromatic nitrogens is 2. The summed E-state index contributed by atoms with van der Waals surface area (Å²) in [5.74, 6) is 0.481. The van der Waals surface area contributed by atoms with Crippen molar-refractivity contribution in [2.45, 2.75) is 78.4 Å². The molecule has 0 aliphatic rings. The van der Waals surface area contributed by atoms with Gasteiger partial charge in [-0.25, -0.2) is 14.6 Å². The second kappa shape index (κ2) is 15.0. The summed E-state index contributed by atoms with van der Waals surface area (Å²) in [5.41, 5.74) is 1.58. The lowest BCUT2D eigenvalue weighted by Gasteiger charge is -2.24. The van der Waals surface area contributed by atoms with Gasteiger partial charge >= 0.3 is 12.1 Å². The number of nitrogens with zero attached hydrogens (tertiary/aromatic N) is 2. The van der Waals surface area contributed by atoms with Gasteiger partial charge in [-0.1, -0.05) is 32.8 Å². The lowest BCUT2D eigenvalue weighted by atomic mass is 10.00. The van der Waals surface area contributed by atoms with E-state index in [1.807, 2.05) is 6.92 Å². The summed E-state index contributed by atoms with van der Waals surface area (Å²) in [4.78, 5) is 44.2. The molecule has 1 heterocycles. The normalized spacial score (nSPS) is 11.9. The van der Waals surface area contributed by atoms with Gasteiger partial charge < -0.3 is 24.5 Å². The van der Waals surface area contributed by atoms with Gasteiger partial charge in [0.15, 0.2) is 0 Å². The number of nitrogens with one attached hydrogen (secondary N) is 2. The second-order valence-corrected chi connectivity index (χ2v) is 10.9. The lowest BCUT2D eigenvalue weighted by molar-refractivity contribution is -0.384. The standard InChI is InChI=1S/C31H40N4O7/c1-6-8-16-40-27-15-12-22(18-24(27)29(36)41-17-9-7-2)25(34-30(37)42-31(3,4)5)19-28-32-20-26(33-28)21-10-13-23(14-11-21)35(38)39/h10-15,18,20,25H,6-9,16-17,19H2,1-5H3,(H,32,33)(H,34,37). The van der Waals surface area contributed by atoms with Crippen LogP contribution in [0.2, 0.25) is 0 Å². The second-order valence-electron chi connectivity index (χ2n) is 10.9. The van der Waals surface area contributed by atoms with E-state index in [1.165, 1.54) is 12.1 Å². The van der Waals surface area contributed by atoms with Crippen LogP contribution in [-0.4, -0.2) is 45.8 Å². The number of nitro groups is 1. The van der Waals surface area contributed by atoms with Gasteiger partial charge in [0.25, 0.3) is 5.69 Å². The van der Waals surface area contributed by atoms with Crippen molar-refractivity contribution in [3.63, 3.8) is 0 Å². The number of benzene rings is 2. The molecule has 1 aromatic heterocycles. The Morgan fingerprint density at radius 1 is 1.05 bits per heavy atom. The van der Waals surface area contributed by atoms with Crippen LogP contribution >= 0.6 is 0 Å². The number of non-ortho nitro benzene ring substituents is 1. The van der Waals surface area contributed by atoms with Gasteiger partial charge in [-0.2, -0.15) is 0 Å². The number of esters is 1. The fourth-order valence-electron chi connectivity index (χ4n) is 4.03. The van der Waals surface area contributed by atoms with Crippen LogP contribution in [0.1, 0.15) is 88.1 Å². The zero-order valence-corrected chi connectivity index (χ0v) is 24.9. The van der Waals surface area contributed by atoms with Crippen LogP contribution in [0.15, 0.2) is 48.7 Å². The number of hydrogen-bond acceptors (Lipinski definition) is 8. The van der Waals surface area contributed by atoms with Gasteiger partial charge in [-0.3, -0.25) is 10.1 Å². The zero-order valence-electron chi connectivity index (χ0n) is 24.9. The molecule has 0 fully saturated rings. The molecule has 0 bridgehead atoms. The number of aromatic amines is 1. The Labute approximate surface area is 246 Å². The van der Waals surface area contributed by atoms with Gasteiger partial charge in [0.05, 0.1) is 36.1 Å². The largest absolute Gasteiger partial charge is 0.493 e. The first kappa shape index (κ1) is 32.1. The van der Waals surface area contributed by atoms with E-state index in [1.54, 1.807) is 57.3 Å². The van der Waals surface area contributed by atoms with Crippen LogP contribution in [0.25, 0.3) is 11.3 Å². The fourth-order valence-corrected chi connectivity index (χ4v) is 4.03. The number of rotatable bonds is 14. The van der Waals surface area contributed by atoms with E-state index in [4.69, 9.17) is 14.2 Å². The van der Waals surface area contributed by atoms with Crippen molar-refractivity contribution in [3.8, 4) is 17.0 Å². The number of carbonyl (C=O) groups is 2. The summed E-state index contributed by atoms with van der Waals surface area (Å²) >= 11 is 0. The van der Waals surface area contributed by atoms with Gasteiger partial charge in [-0.15, -0.1) is 0 Å². The van der Waals surface area contributed by atoms with Crippen LogP contribution in [0.5, 0.6) is 5.75 Å². The summed E-state index contributed by atoms with van der Waals surface area (Å²) in [7, 11) is 0. The number of amides is 1. The van der Waals surface area contributed by atoms with E-state index in [0.29, 0.717) is 36.0 Å². The maximum Gasteiger partial charge on any atom is 0.408 e. The molecule has 0 saturated carbocycles. The SMILES string of the molecule is CCCCOC(=O)c1cc(C(Cc2ncc(-c3ccc([N+](=O)[O-])cc3)[nH]2)NC(=O)OC(C)(C)C)ccc1OCCCC. The molecule has 0 saturated heterocycles. The van der Waals surface area contributed by atoms with Crippen molar-refractivity contribution < 1.29 is 28.7 Å². The van der Waals surface area contributed by atoms with Gasteiger partial charge in [0.2, 0.25) is 0 Å². The number of hydrogen-bond donors (Lipinski definition) is 2. The van der Waals surface area contributed by atoms with E-state index in [0.717, 1.165) is 31.2 Å². The van der Waals surface area contributed by atoms with Crippen molar-refractivity contribution in [1.82, 2.24) is 15.3 Å². The molecule has 42 heavy (non-hydrogen) atoms. The summed E-state index contributed by atoms with van der Waals surface area (Å²) in [6.45, 7) is 10.2. The van der Waals surface area contributed by atoms with Gasteiger partial charge in [0, 0.05) is 24.1 Å². The van der Waals surface area contributed by atoms with E-state index < -0.39 is 28.6 Å². The molecule has 0 radical (unpaired) electrons. The predicted octanol–water partition coefficient (Wildman–Crippen LogP) is 6.93. The summed E-state index contributed by atoms with van der Waals surface area (Å²) in [6, 6.07) is 10.7. The monoisotopic (exact) mass is 580 g/mol. The Kier molecular flexibility index (Phi) is 11.5. The van der Waals surface area contributed by atoms with Crippen LogP contribution < -0.4 is 10.1 Å². The third kappa shape index (κ3) is 9.60. The predicted molar refractivity (Wildman–Crippen MR) is 159 cm³/mol. The quantitative estimate of drug-likeness (QED) is 0.0903. The molecular weight excluding hydrogens is 540 g/mol. The highest BCUT2D eigenvalue weighted by Crippen LogP contribution is 2.28. The van der Waals surface area contributed by atoms with Gasteiger partial charge in [-0.05, 0) is 63.4 Å². The third-order valence-corrected chi connectivity index (χ3v) is 6.22. The average Bonchev–Trinajstić information content (AvgIpc) is 3.40. The minimum atomic E-state index is -0.715. The molecule has 3 aromatic rings. The third-order valence-electron chi connectivity index (χ3n) is 6.22. The van der Waals surface area contributed by atoms with Crippen molar-refractivity contribution in [1.29, 1.82) is 0 Å². The zero-order chi connectivity index (χ0) is 30.7. The minimum absolute atomic E-state index is 0.00809. The molecule has 11 heteroatoms. The molecule has 2 aromatic carbocycles. The highest BCUT2D eigenvalue weighted by Gasteiger charge is 2.24. The number of H-pyrrole nitrogens is 1. The topological polar surface area (TPSA) is 146 Å². The van der Waals surface area contributed by atoms with Crippen LogP contribution in [0.3, 0.4) is 0 Å². The Morgan fingerprint density at radius 3 is 2.38 bits per heavy atom. The number of nitro benzene ring substituents is 1. The van der Waals surface area contributed by atoms with Crippen LogP contribution in [0, 0.1) is 10.1 Å². The number of carbonyl (C=O) groups excluding carboxylic acids is 2. The Bertz CT molecular complexity index is 1350. The Morgan fingerprint density at radius 2 is 1.74 bits per heavy atom. The Balaban J connectivity index is 1.93. The highest BCUT2D eigenvalue weighted by molar-refractivity contribution is 5.92.